The van der Waals surface area contributed by atoms with Crippen molar-refractivity contribution in [1.82, 2.24) is 19.9 Å². The summed E-state index contributed by atoms with van der Waals surface area (Å²) < 4.78 is 9.67. The predicted octanol–water partition coefficient (Wildman–Crippen LogP) is 7.69. The quantitative estimate of drug-likeness (QED) is 0.146. The van der Waals surface area contributed by atoms with E-state index in [-0.39, 0.29) is 34.6 Å². The van der Waals surface area contributed by atoms with Crippen LogP contribution in [0.25, 0.3) is 0 Å². The maximum absolute atomic E-state index is 11.7. The Morgan fingerprint density at radius 3 is 1.50 bits per heavy atom. The Morgan fingerprint density at radius 1 is 0.708 bits per heavy atom. The summed E-state index contributed by atoms with van der Waals surface area (Å²) in [6.07, 6.45) is 13.8. The van der Waals surface area contributed by atoms with E-state index >= 15 is 0 Å². The predicted molar refractivity (Wildman–Crippen MR) is 190 cm³/mol. The van der Waals surface area contributed by atoms with Crippen LogP contribution < -0.4 is 5.73 Å². The molecule has 9 nitrogen and oxygen atoms in total. The number of nitrogens with zero attached hydrogens (tertiary/aromatic N) is 4. The van der Waals surface area contributed by atoms with Crippen molar-refractivity contribution in [1.29, 1.82) is 0 Å². The molecule has 256 valence electrons. The van der Waals surface area contributed by atoms with E-state index in [0.29, 0.717) is 24.3 Å². The summed E-state index contributed by atoms with van der Waals surface area (Å²) in [6.45, 7) is 8.42. The summed E-state index contributed by atoms with van der Waals surface area (Å²) >= 11 is 5.42. The molecule has 2 saturated carbocycles. The van der Waals surface area contributed by atoms with Crippen molar-refractivity contribution < 1.29 is 19.1 Å². The zero-order chi connectivity index (χ0) is 33.9. The molecule has 0 spiro atoms. The van der Waals surface area contributed by atoms with Gasteiger partial charge in [0, 0.05) is 42.2 Å². The molecular weight excluding hydrogens is 649 g/mol. The summed E-state index contributed by atoms with van der Waals surface area (Å²) in [5.74, 6) is -0.0107. The van der Waals surface area contributed by atoms with Gasteiger partial charge in [0.05, 0.1) is 24.3 Å². The molecule has 6 rings (SSSR count). The molecule has 48 heavy (non-hydrogen) atoms. The summed E-state index contributed by atoms with van der Waals surface area (Å²) in [5.41, 5.74) is 12.3. The summed E-state index contributed by atoms with van der Waals surface area (Å²) in [5, 5.41) is 0.114. The first-order chi connectivity index (χ1) is 22.6. The Morgan fingerprint density at radius 2 is 1.12 bits per heavy atom. The van der Waals surface area contributed by atoms with Crippen LogP contribution in [0.4, 0.5) is 0 Å². The van der Waals surface area contributed by atoms with Crippen molar-refractivity contribution in [2.45, 2.75) is 83.6 Å². The van der Waals surface area contributed by atoms with E-state index in [1.54, 1.807) is 26.2 Å². The monoisotopic (exact) mass is 693 g/mol. The van der Waals surface area contributed by atoms with Crippen LogP contribution in [0.1, 0.15) is 101 Å². The molecule has 2 fully saturated rings. The van der Waals surface area contributed by atoms with E-state index < -0.39 is 5.97 Å². The fourth-order valence-electron chi connectivity index (χ4n) is 5.51. The van der Waals surface area contributed by atoms with Gasteiger partial charge in [0.15, 0.2) is 0 Å². The fraction of sp³-hybridized carbons (Fsp3) is 0.405. The molecule has 0 aliphatic heterocycles. The van der Waals surface area contributed by atoms with Gasteiger partial charge in [0.2, 0.25) is 5.28 Å². The van der Waals surface area contributed by atoms with Crippen LogP contribution in [0.15, 0.2) is 73.3 Å². The molecule has 0 bridgehead atoms. The Balaban J connectivity index is 0.000000212. The van der Waals surface area contributed by atoms with Gasteiger partial charge < -0.3 is 15.2 Å². The first kappa shape index (κ1) is 38.5. The van der Waals surface area contributed by atoms with Gasteiger partial charge in [-0.15, -0.1) is 12.4 Å². The molecule has 2 aromatic heterocycles. The van der Waals surface area contributed by atoms with Crippen LogP contribution in [-0.2, 0) is 26.8 Å². The number of halogens is 2. The van der Waals surface area contributed by atoms with Crippen LogP contribution in [0.2, 0.25) is 5.28 Å². The van der Waals surface area contributed by atoms with Crippen molar-refractivity contribution in [2.24, 2.45) is 5.73 Å². The SMILES string of the molecule is CCOC(=O)c1cnc(CC2(c3ccc(C)cc3)CCC2)nc1.CCOC(=O)c1cnc(Cl)nc1.Cc1ccc(C2(N)CCC2)cc1.Cl. The molecule has 0 atom stereocenters. The Bertz CT molecular complexity index is 1590. The lowest BCUT2D eigenvalue weighted by atomic mass is 9.62. The standard InChI is InChI=1S/C19H22N2O2.C11H15N.C7H7ClN2O2.ClH/c1-3-23-18(22)15-12-20-17(21-13-15)11-19(9-4-10-19)16-7-5-14(2)6-8-16;1-9-3-5-10(6-4-9)11(12)7-2-8-11;1-2-12-6(11)5-3-9-7(8)10-4-5;/h5-8,12-13H,3-4,9-11H2,1-2H3;3-6H,2,7-8,12H2,1H3;3-4H,2H2,1H3;1H. The van der Waals surface area contributed by atoms with E-state index in [1.807, 2.05) is 0 Å². The van der Waals surface area contributed by atoms with Crippen LogP contribution in [0.3, 0.4) is 0 Å². The Hall–Kier alpha value is -3.92. The molecule has 2 aromatic carbocycles. The van der Waals surface area contributed by atoms with Crippen molar-refractivity contribution >= 4 is 35.9 Å². The molecule has 0 saturated heterocycles. The molecule has 2 N–H and O–H groups in total. The van der Waals surface area contributed by atoms with Crippen LogP contribution in [-0.4, -0.2) is 45.1 Å². The second-order valence-corrected chi connectivity index (χ2v) is 12.5. The topological polar surface area (TPSA) is 130 Å². The molecule has 11 heteroatoms. The maximum Gasteiger partial charge on any atom is 0.341 e. The number of ether oxygens (including phenoxy) is 2. The number of esters is 2. The molecule has 0 amide bonds. The number of nitrogens with two attached hydrogens (primary N) is 1. The Labute approximate surface area is 294 Å². The lowest BCUT2D eigenvalue weighted by Crippen LogP contribution is -2.43. The van der Waals surface area contributed by atoms with E-state index in [9.17, 15) is 9.59 Å². The van der Waals surface area contributed by atoms with E-state index in [2.05, 4.69) is 82.3 Å². The third-order valence-electron chi connectivity index (χ3n) is 8.69. The van der Waals surface area contributed by atoms with Crippen molar-refractivity contribution in [3.63, 3.8) is 0 Å². The van der Waals surface area contributed by atoms with Gasteiger partial charge in [-0.3, -0.25) is 0 Å². The molecule has 4 aromatic rings. The lowest BCUT2D eigenvalue weighted by Gasteiger charge is -2.42. The highest BCUT2D eigenvalue weighted by Gasteiger charge is 2.39. The number of carbonyl (C=O) groups excluding carboxylic acids is 2. The molecule has 2 heterocycles. The van der Waals surface area contributed by atoms with Gasteiger partial charge in [-0.25, -0.2) is 29.5 Å². The molecule has 2 aliphatic rings. The number of hydrogen-bond donors (Lipinski definition) is 1. The maximum atomic E-state index is 11.7. The van der Waals surface area contributed by atoms with Gasteiger partial charge >= 0.3 is 11.9 Å². The minimum atomic E-state index is -0.436. The normalized spacial score (nSPS) is 15.0. The van der Waals surface area contributed by atoms with E-state index in [1.165, 1.54) is 60.3 Å². The van der Waals surface area contributed by atoms with Crippen LogP contribution >= 0.6 is 24.0 Å². The number of benzene rings is 2. The zero-order valence-electron chi connectivity index (χ0n) is 28.1. The number of carbonyl (C=O) groups is 2. The van der Waals surface area contributed by atoms with Gasteiger partial charge in [-0.1, -0.05) is 66.1 Å². The van der Waals surface area contributed by atoms with Gasteiger partial charge in [0.25, 0.3) is 0 Å². The summed E-state index contributed by atoms with van der Waals surface area (Å²) in [7, 11) is 0. The van der Waals surface area contributed by atoms with Crippen molar-refractivity contribution in [3.8, 4) is 0 Å². The van der Waals surface area contributed by atoms with E-state index in [4.69, 9.17) is 26.8 Å². The first-order valence-electron chi connectivity index (χ1n) is 16.1. The van der Waals surface area contributed by atoms with E-state index in [0.717, 1.165) is 25.1 Å². The zero-order valence-corrected chi connectivity index (χ0v) is 29.7. The molecule has 0 radical (unpaired) electrons. The van der Waals surface area contributed by atoms with Gasteiger partial charge in [0.1, 0.15) is 5.82 Å². The number of hydrogen-bond acceptors (Lipinski definition) is 9. The molecular formula is C37H45Cl2N5O4. The van der Waals surface area contributed by atoms with Gasteiger partial charge in [-0.05, 0) is 82.5 Å². The third-order valence-corrected chi connectivity index (χ3v) is 8.89. The average Bonchev–Trinajstić information content (AvgIpc) is 3.04. The van der Waals surface area contributed by atoms with Gasteiger partial charge in [-0.2, -0.15) is 0 Å². The molecule has 0 unspecified atom stereocenters. The number of rotatable bonds is 8. The highest BCUT2D eigenvalue weighted by atomic mass is 35.5. The third kappa shape index (κ3) is 10.3. The highest BCUT2D eigenvalue weighted by molar-refractivity contribution is 6.28. The average molecular weight is 695 g/mol. The number of aromatic nitrogens is 4. The second kappa shape index (κ2) is 18.0. The van der Waals surface area contributed by atoms with Crippen LogP contribution in [0, 0.1) is 13.8 Å². The second-order valence-electron chi connectivity index (χ2n) is 12.1. The lowest BCUT2D eigenvalue weighted by molar-refractivity contribution is 0.0515. The molecule has 2 aliphatic carbocycles. The summed E-state index contributed by atoms with van der Waals surface area (Å²) in [4.78, 5) is 38.7. The first-order valence-corrected chi connectivity index (χ1v) is 16.5. The smallest absolute Gasteiger partial charge is 0.341 e. The highest BCUT2D eigenvalue weighted by Crippen LogP contribution is 2.45. The Kier molecular flexibility index (Phi) is 14.5. The largest absolute Gasteiger partial charge is 0.462 e. The minimum absolute atomic E-state index is 0. The minimum Gasteiger partial charge on any atom is -0.462 e. The number of aryl methyl sites for hydroxylation is 2. The fourth-order valence-corrected chi connectivity index (χ4v) is 5.61. The van der Waals surface area contributed by atoms with Crippen molar-refractivity contribution in [2.75, 3.05) is 13.2 Å². The van der Waals surface area contributed by atoms with Crippen LogP contribution in [0.5, 0.6) is 0 Å². The van der Waals surface area contributed by atoms with Crippen molar-refractivity contribution in [3.05, 3.63) is 118 Å². The summed E-state index contributed by atoms with van der Waals surface area (Å²) in [6, 6.07) is 17.4.